The van der Waals surface area contributed by atoms with Crippen molar-refractivity contribution in [2.75, 3.05) is 5.32 Å². The number of benzene rings is 2. The van der Waals surface area contributed by atoms with E-state index in [4.69, 9.17) is 9.72 Å². The quantitative estimate of drug-likeness (QED) is 0.233. The summed E-state index contributed by atoms with van der Waals surface area (Å²) in [4.78, 5) is 32.3. The Hall–Kier alpha value is -4.86. The number of imidazole rings is 1. The number of anilines is 2. The van der Waals surface area contributed by atoms with Crippen LogP contribution in [0.15, 0.2) is 67.8 Å². The first-order valence-electron chi connectivity index (χ1n) is 13.9. The number of pyridine rings is 1. The summed E-state index contributed by atoms with van der Waals surface area (Å²) in [5.41, 5.74) is 4.50. The van der Waals surface area contributed by atoms with E-state index in [0.717, 1.165) is 29.6 Å². The molecule has 1 fully saturated rings. The van der Waals surface area contributed by atoms with Gasteiger partial charge in [0.25, 0.3) is 0 Å². The van der Waals surface area contributed by atoms with Gasteiger partial charge in [-0.3, -0.25) is 4.79 Å². The van der Waals surface area contributed by atoms with Gasteiger partial charge in [0.1, 0.15) is 23.3 Å². The number of aromatic nitrogens is 5. The van der Waals surface area contributed by atoms with Crippen molar-refractivity contribution in [3.05, 3.63) is 84.8 Å². The molecule has 9 nitrogen and oxygen atoms in total. The topological polar surface area (TPSA) is 98.1 Å². The summed E-state index contributed by atoms with van der Waals surface area (Å²) in [5.74, 6) is 1.05. The van der Waals surface area contributed by atoms with Crippen LogP contribution in [0, 0.1) is 12.7 Å². The second-order valence-corrected chi connectivity index (χ2v) is 10.9. The molecule has 10 heteroatoms. The number of halogens is 1. The van der Waals surface area contributed by atoms with Crippen LogP contribution in [0.4, 0.5) is 15.9 Å². The van der Waals surface area contributed by atoms with Gasteiger partial charge in [-0.2, -0.15) is 0 Å². The van der Waals surface area contributed by atoms with Gasteiger partial charge in [-0.15, -0.1) is 0 Å². The molecule has 1 amide bonds. The highest BCUT2D eigenvalue weighted by Crippen LogP contribution is 2.37. The summed E-state index contributed by atoms with van der Waals surface area (Å²) in [5, 5.41) is 3.13. The van der Waals surface area contributed by atoms with E-state index in [2.05, 4.69) is 40.7 Å². The maximum absolute atomic E-state index is 15.6. The van der Waals surface area contributed by atoms with Gasteiger partial charge in [0.2, 0.25) is 5.91 Å². The lowest BCUT2D eigenvalue weighted by Gasteiger charge is -2.42. The Morgan fingerprint density at radius 1 is 1.07 bits per heavy atom. The van der Waals surface area contributed by atoms with E-state index < -0.39 is 5.82 Å². The minimum absolute atomic E-state index is 0.0510. The number of fused-ring (bicyclic) bond motifs is 2. The second kappa shape index (κ2) is 10.8. The summed E-state index contributed by atoms with van der Waals surface area (Å²) >= 11 is 0. The van der Waals surface area contributed by atoms with Gasteiger partial charge in [-0.1, -0.05) is 6.58 Å². The molecule has 0 aliphatic carbocycles. The van der Waals surface area contributed by atoms with Gasteiger partial charge in [-0.25, -0.2) is 24.3 Å². The van der Waals surface area contributed by atoms with E-state index in [1.54, 1.807) is 25.4 Å². The third-order valence-corrected chi connectivity index (χ3v) is 8.07. The van der Waals surface area contributed by atoms with Crippen molar-refractivity contribution in [3.8, 4) is 11.5 Å². The smallest absolute Gasteiger partial charge is 0.246 e. The average Bonchev–Trinajstić information content (AvgIpc) is 3.35. The molecule has 2 atom stereocenters. The Morgan fingerprint density at radius 2 is 1.86 bits per heavy atom. The molecule has 6 rings (SSSR count). The molecular formula is C32H32FN7O2. The van der Waals surface area contributed by atoms with E-state index in [0.29, 0.717) is 33.9 Å². The highest BCUT2D eigenvalue weighted by atomic mass is 19.1. The predicted octanol–water partition coefficient (Wildman–Crippen LogP) is 6.56. The lowest BCUT2D eigenvalue weighted by atomic mass is 9.84. The lowest BCUT2D eigenvalue weighted by Crippen LogP contribution is -2.48. The van der Waals surface area contributed by atoms with E-state index >= 15 is 4.39 Å². The number of likely N-dealkylation sites (tertiary alicyclic amines) is 1. The number of nitrogens with one attached hydrogen (secondary N) is 1. The molecule has 4 heterocycles. The van der Waals surface area contributed by atoms with Crippen LogP contribution in [-0.4, -0.2) is 47.4 Å². The van der Waals surface area contributed by atoms with Crippen molar-refractivity contribution in [1.29, 1.82) is 0 Å². The van der Waals surface area contributed by atoms with Gasteiger partial charge < -0.3 is 19.5 Å². The highest BCUT2D eigenvalue weighted by molar-refractivity contribution is 5.88. The Bertz CT molecular complexity index is 1820. The van der Waals surface area contributed by atoms with Crippen LogP contribution in [-0.2, 0) is 11.8 Å². The number of aryl methyl sites for hydroxylation is 1. The minimum atomic E-state index is -0.448. The monoisotopic (exact) mass is 565 g/mol. The molecule has 3 aromatic heterocycles. The van der Waals surface area contributed by atoms with Crippen molar-refractivity contribution in [1.82, 2.24) is 29.4 Å². The molecule has 0 unspecified atom stereocenters. The third kappa shape index (κ3) is 4.93. The van der Waals surface area contributed by atoms with Gasteiger partial charge >= 0.3 is 0 Å². The zero-order valence-electron chi connectivity index (χ0n) is 24.0. The molecule has 0 saturated carbocycles. The highest BCUT2D eigenvalue weighted by Gasteiger charge is 2.34. The average molecular weight is 566 g/mol. The number of carbonyl (C=O) groups is 1. The SMILES string of the molecule is C=CC(=O)N1[C@@H](C)CC(c2ccc3ncnc(Nc4ccc(Oc5ccc6c(c5)ncn6C)c(C)c4F)c3n2)C[C@@H]1C. The number of hydrogen-bond donors (Lipinski definition) is 1. The summed E-state index contributed by atoms with van der Waals surface area (Å²) in [6, 6.07) is 12.9. The van der Waals surface area contributed by atoms with E-state index in [-0.39, 0.29) is 29.6 Å². The molecule has 1 N–H and O–H groups in total. The van der Waals surface area contributed by atoms with Crippen LogP contribution in [0.25, 0.3) is 22.1 Å². The molecule has 0 radical (unpaired) electrons. The van der Waals surface area contributed by atoms with Crippen LogP contribution >= 0.6 is 0 Å². The number of ether oxygens (including phenoxy) is 1. The van der Waals surface area contributed by atoms with Crippen molar-refractivity contribution < 1.29 is 13.9 Å². The van der Waals surface area contributed by atoms with Crippen LogP contribution in [0.5, 0.6) is 11.5 Å². The first-order chi connectivity index (χ1) is 20.2. The molecule has 1 aliphatic heterocycles. The van der Waals surface area contributed by atoms with Crippen LogP contribution in [0.2, 0.25) is 0 Å². The number of nitrogens with zero attached hydrogens (tertiary/aromatic N) is 6. The molecule has 1 aliphatic rings. The Labute approximate surface area is 243 Å². The Kier molecular flexibility index (Phi) is 7.06. The summed E-state index contributed by atoms with van der Waals surface area (Å²) < 4.78 is 23.6. The first-order valence-corrected chi connectivity index (χ1v) is 13.9. The van der Waals surface area contributed by atoms with E-state index in [1.165, 1.54) is 12.4 Å². The van der Waals surface area contributed by atoms with Crippen LogP contribution < -0.4 is 10.1 Å². The fourth-order valence-electron chi connectivity index (χ4n) is 5.95. The molecule has 1 saturated heterocycles. The first kappa shape index (κ1) is 27.3. The van der Waals surface area contributed by atoms with Gasteiger partial charge in [0, 0.05) is 42.4 Å². The predicted molar refractivity (Wildman–Crippen MR) is 160 cm³/mol. The molecule has 0 spiro atoms. The molecule has 214 valence electrons. The third-order valence-electron chi connectivity index (χ3n) is 8.07. The van der Waals surface area contributed by atoms with Crippen LogP contribution in [0.3, 0.4) is 0 Å². The molecule has 0 bridgehead atoms. The standard InChI is InChI=1S/C32H32FN7O2/c1-6-29(41)40-18(2)13-21(14-19(40)3)23-8-9-25-31(37-23)32(35-16-34-25)38-24-10-12-28(20(4)30(24)33)42-22-7-11-27-26(15-22)36-17-39(27)5/h6-12,15-19,21H,1,13-14H2,2-5H3,(H,34,35,38)/t18-,19-/m0/s1. The maximum Gasteiger partial charge on any atom is 0.246 e. The second-order valence-electron chi connectivity index (χ2n) is 10.9. The zero-order valence-corrected chi connectivity index (χ0v) is 24.0. The summed E-state index contributed by atoms with van der Waals surface area (Å²) in [6.45, 7) is 9.42. The van der Waals surface area contributed by atoms with Crippen molar-refractivity contribution >= 4 is 39.5 Å². The molecule has 2 aromatic carbocycles. The summed E-state index contributed by atoms with van der Waals surface area (Å²) in [7, 11) is 1.93. The lowest BCUT2D eigenvalue weighted by molar-refractivity contribution is -0.132. The fourth-order valence-corrected chi connectivity index (χ4v) is 5.95. The Balaban J connectivity index is 1.26. The van der Waals surface area contributed by atoms with Crippen LogP contribution in [0.1, 0.15) is 43.9 Å². The number of piperidine rings is 1. The van der Waals surface area contributed by atoms with Crippen molar-refractivity contribution in [2.45, 2.75) is 51.6 Å². The normalized spacial score (nSPS) is 18.8. The van der Waals surface area contributed by atoms with Crippen molar-refractivity contribution in [3.63, 3.8) is 0 Å². The fraction of sp³-hybridized carbons (Fsp3) is 0.281. The minimum Gasteiger partial charge on any atom is -0.457 e. The van der Waals surface area contributed by atoms with Crippen molar-refractivity contribution in [2.24, 2.45) is 7.05 Å². The molecule has 42 heavy (non-hydrogen) atoms. The molecule has 5 aromatic rings. The van der Waals surface area contributed by atoms with E-state index in [9.17, 15) is 4.79 Å². The number of carbonyl (C=O) groups excluding carboxylic acids is 1. The zero-order chi connectivity index (χ0) is 29.5. The van der Waals surface area contributed by atoms with Gasteiger partial charge in [0.05, 0.1) is 28.6 Å². The summed E-state index contributed by atoms with van der Waals surface area (Å²) in [6.07, 6.45) is 6.11. The largest absolute Gasteiger partial charge is 0.457 e. The number of amides is 1. The van der Waals surface area contributed by atoms with Gasteiger partial charge in [0.15, 0.2) is 11.6 Å². The Morgan fingerprint density at radius 3 is 2.62 bits per heavy atom. The van der Waals surface area contributed by atoms with Gasteiger partial charge in [-0.05, 0) is 76.1 Å². The number of rotatable bonds is 6. The molecular weight excluding hydrogens is 533 g/mol. The number of hydrogen-bond acceptors (Lipinski definition) is 7. The van der Waals surface area contributed by atoms with E-state index in [1.807, 2.05) is 46.8 Å². The maximum atomic E-state index is 15.6.